The molecule has 3 unspecified atom stereocenters. The third-order valence-electron chi connectivity index (χ3n) is 4.57. The van der Waals surface area contributed by atoms with Gasteiger partial charge in [-0.25, -0.2) is 0 Å². The molecule has 0 aromatic carbocycles. The number of hydroxylamine groups is 6. The van der Waals surface area contributed by atoms with Gasteiger partial charge in [-0.1, -0.05) is 48.5 Å². The van der Waals surface area contributed by atoms with Crippen LogP contribution in [-0.2, 0) is 14.5 Å². The highest BCUT2D eigenvalue weighted by molar-refractivity contribution is 4.65. The first kappa shape index (κ1) is 37.3. The Morgan fingerprint density at radius 1 is 0.636 bits per heavy atom. The molecule has 0 bridgehead atoms. The van der Waals surface area contributed by atoms with Crippen molar-refractivity contribution in [3.63, 3.8) is 0 Å². The molecule has 0 aromatic heterocycles. The van der Waals surface area contributed by atoms with E-state index in [-0.39, 0.29) is 5.60 Å². The Kier molecular flexibility index (Phi) is 21.5. The zero-order chi connectivity index (χ0) is 27.0. The van der Waals surface area contributed by atoms with Gasteiger partial charge in [0.05, 0.1) is 17.8 Å². The first-order valence-corrected chi connectivity index (χ1v) is 12.7. The van der Waals surface area contributed by atoms with E-state index in [4.69, 9.17) is 14.5 Å². The van der Waals surface area contributed by atoms with Crippen LogP contribution in [0.1, 0.15) is 102 Å². The smallest absolute Gasteiger partial charge is 0.0840 e. The van der Waals surface area contributed by atoms with Gasteiger partial charge in [0.15, 0.2) is 0 Å². The monoisotopic (exact) mass is 477 g/mol. The highest BCUT2D eigenvalue weighted by atomic mass is 16.7. The highest BCUT2D eigenvalue weighted by Gasteiger charge is 2.17. The number of hydrogen-bond donors (Lipinski definition) is 0. The zero-order valence-electron chi connectivity index (χ0n) is 25.7. The SMILES string of the molecule is CC(C)CC(C)CC(C)ON(C)C.CC(CC(C)(C)C)ON(C)C.CCC(C)(C)ON(C)C. The molecule has 0 saturated carbocycles. The van der Waals surface area contributed by atoms with Crippen LogP contribution in [0.25, 0.3) is 0 Å². The summed E-state index contributed by atoms with van der Waals surface area (Å²) in [6.45, 7) is 24.0. The third kappa shape index (κ3) is 34.0. The standard InChI is InChI=1S/C11H25NO.C9H21NO.C7H17NO/c1-9(2)7-10(3)8-11(4)13-12(5)6;1-8(11-10(5)6)7-9(2,3)4;1-6-7(2,3)9-8(4)5/h9-11H,7-8H2,1-6H3;8H,7H2,1-6H3;6H2,1-5H3. The van der Waals surface area contributed by atoms with Crippen LogP contribution in [0.2, 0.25) is 0 Å². The Morgan fingerprint density at radius 2 is 1.06 bits per heavy atom. The molecule has 3 atom stereocenters. The van der Waals surface area contributed by atoms with Gasteiger partial charge in [-0.3, -0.25) is 14.5 Å². The minimum atomic E-state index is -0.0104. The van der Waals surface area contributed by atoms with E-state index in [2.05, 4.69) is 76.2 Å². The van der Waals surface area contributed by atoms with Gasteiger partial charge in [0.2, 0.25) is 0 Å². The maximum absolute atomic E-state index is 5.54. The summed E-state index contributed by atoms with van der Waals surface area (Å²) in [5.74, 6) is 1.55. The molecule has 0 rings (SSSR count). The van der Waals surface area contributed by atoms with Crippen LogP contribution in [0.3, 0.4) is 0 Å². The van der Waals surface area contributed by atoms with Crippen molar-refractivity contribution in [3.05, 3.63) is 0 Å². The molecule has 33 heavy (non-hydrogen) atoms. The van der Waals surface area contributed by atoms with Gasteiger partial charge in [0.1, 0.15) is 0 Å². The molecule has 0 radical (unpaired) electrons. The quantitative estimate of drug-likeness (QED) is 0.284. The fourth-order valence-corrected chi connectivity index (χ4v) is 3.69. The molecule has 204 valence electrons. The maximum Gasteiger partial charge on any atom is 0.0840 e. The molecule has 0 spiro atoms. The Balaban J connectivity index is -0.000000416. The van der Waals surface area contributed by atoms with E-state index in [1.807, 2.05) is 42.3 Å². The molecular weight excluding hydrogens is 414 g/mol. The lowest BCUT2D eigenvalue weighted by Crippen LogP contribution is -2.30. The van der Waals surface area contributed by atoms with Crippen molar-refractivity contribution in [2.75, 3.05) is 42.3 Å². The summed E-state index contributed by atoms with van der Waals surface area (Å²) >= 11 is 0. The summed E-state index contributed by atoms with van der Waals surface area (Å²) in [5, 5.41) is 5.28. The van der Waals surface area contributed by atoms with E-state index >= 15 is 0 Å². The van der Waals surface area contributed by atoms with Gasteiger partial charge < -0.3 is 0 Å². The van der Waals surface area contributed by atoms with Gasteiger partial charge in [0, 0.05) is 42.3 Å². The topological polar surface area (TPSA) is 37.4 Å². The van der Waals surface area contributed by atoms with Gasteiger partial charge in [-0.2, -0.15) is 15.2 Å². The van der Waals surface area contributed by atoms with Crippen molar-refractivity contribution >= 4 is 0 Å². The third-order valence-corrected chi connectivity index (χ3v) is 4.57. The van der Waals surface area contributed by atoms with Crippen molar-refractivity contribution in [3.8, 4) is 0 Å². The first-order chi connectivity index (χ1) is 14.7. The Labute approximate surface area is 209 Å². The Bertz CT molecular complexity index is 419. The van der Waals surface area contributed by atoms with Crippen molar-refractivity contribution < 1.29 is 14.5 Å². The van der Waals surface area contributed by atoms with E-state index < -0.39 is 0 Å². The van der Waals surface area contributed by atoms with Crippen molar-refractivity contribution in [1.29, 1.82) is 0 Å². The van der Waals surface area contributed by atoms with Crippen LogP contribution in [-0.4, -0.2) is 75.3 Å². The second kappa shape index (κ2) is 19.0. The minimum absolute atomic E-state index is 0.0104. The second-order valence-electron chi connectivity index (χ2n) is 12.2. The lowest BCUT2D eigenvalue weighted by atomic mass is 9.90. The molecule has 0 heterocycles. The summed E-state index contributed by atoms with van der Waals surface area (Å²) < 4.78 is 0. The fourth-order valence-electron chi connectivity index (χ4n) is 3.69. The normalized spacial score (nSPS) is 15.2. The van der Waals surface area contributed by atoms with E-state index in [0.29, 0.717) is 17.6 Å². The molecule has 6 heteroatoms. The predicted octanol–water partition coefficient (Wildman–Crippen LogP) is 6.91. The summed E-state index contributed by atoms with van der Waals surface area (Å²) in [5.41, 5.74) is 0.346. The molecule has 0 aromatic rings. The van der Waals surface area contributed by atoms with Crippen molar-refractivity contribution in [2.24, 2.45) is 17.3 Å². The summed E-state index contributed by atoms with van der Waals surface area (Å²) in [4.78, 5) is 16.4. The van der Waals surface area contributed by atoms with Gasteiger partial charge in [-0.15, -0.1) is 0 Å². The van der Waals surface area contributed by atoms with Gasteiger partial charge >= 0.3 is 0 Å². The van der Waals surface area contributed by atoms with E-state index in [1.54, 1.807) is 15.2 Å². The van der Waals surface area contributed by atoms with Gasteiger partial charge in [-0.05, 0) is 70.6 Å². The number of nitrogens with zero attached hydrogens (tertiary/aromatic N) is 3. The fraction of sp³-hybridized carbons (Fsp3) is 1.00. The largest absolute Gasteiger partial charge is 0.297 e. The molecule has 0 N–H and O–H groups in total. The molecule has 0 aliphatic carbocycles. The van der Waals surface area contributed by atoms with Crippen molar-refractivity contribution in [2.45, 2.75) is 120 Å². The molecule has 0 aliphatic rings. The lowest BCUT2D eigenvalue weighted by molar-refractivity contribution is -0.207. The number of rotatable bonds is 12. The average molecular weight is 478 g/mol. The first-order valence-electron chi connectivity index (χ1n) is 12.7. The van der Waals surface area contributed by atoms with Crippen LogP contribution in [0, 0.1) is 17.3 Å². The number of hydrogen-bond acceptors (Lipinski definition) is 6. The Morgan fingerprint density at radius 3 is 1.33 bits per heavy atom. The van der Waals surface area contributed by atoms with Crippen molar-refractivity contribution in [1.82, 2.24) is 15.2 Å². The summed E-state index contributed by atoms with van der Waals surface area (Å²) in [6.07, 6.45) is 5.21. The van der Waals surface area contributed by atoms with Crippen LogP contribution in [0.4, 0.5) is 0 Å². The second-order valence-corrected chi connectivity index (χ2v) is 12.2. The van der Waals surface area contributed by atoms with Crippen LogP contribution < -0.4 is 0 Å². The molecule has 0 fully saturated rings. The predicted molar refractivity (Wildman–Crippen MR) is 145 cm³/mol. The molecule has 0 aliphatic heterocycles. The van der Waals surface area contributed by atoms with Crippen LogP contribution >= 0.6 is 0 Å². The lowest BCUT2D eigenvalue weighted by Gasteiger charge is -2.26. The summed E-state index contributed by atoms with van der Waals surface area (Å²) in [7, 11) is 11.5. The molecule has 0 saturated heterocycles. The van der Waals surface area contributed by atoms with E-state index in [1.165, 1.54) is 6.42 Å². The van der Waals surface area contributed by atoms with Crippen LogP contribution in [0.15, 0.2) is 0 Å². The average Bonchev–Trinajstić information content (AvgIpc) is 2.50. The minimum Gasteiger partial charge on any atom is -0.297 e. The van der Waals surface area contributed by atoms with Crippen LogP contribution in [0.5, 0.6) is 0 Å². The zero-order valence-corrected chi connectivity index (χ0v) is 25.7. The molecular formula is C27H63N3O3. The Hall–Kier alpha value is -0.240. The van der Waals surface area contributed by atoms with E-state index in [0.717, 1.165) is 31.1 Å². The van der Waals surface area contributed by atoms with E-state index in [9.17, 15) is 0 Å². The highest BCUT2D eigenvalue weighted by Crippen LogP contribution is 2.22. The van der Waals surface area contributed by atoms with Gasteiger partial charge in [0.25, 0.3) is 0 Å². The molecule has 0 amide bonds. The molecule has 6 nitrogen and oxygen atoms in total. The maximum atomic E-state index is 5.54. The summed E-state index contributed by atoms with van der Waals surface area (Å²) in [6, 6.07) is 0.